The Morgan fingerprint density at radius 1 is 1.37 bits per heavy atom. The maximum Gasteiger partial charge on any atom is 0.328 e. The summed E-state index contributed by atoms with van der Waals surface area (Å²) in [6, 6.07) is -1.21. The van der Waals surface area contributed by atoms with Gasteiger partial charge in [0.2, 0.25) is 0 Å². The lowest BCUT2D eigenvalue weighted by molar-refractivity contribution is -0.143. The van der Waals surface area contributed by atoms with E-state index in [-0.39, 0.29) is 12.5 Å². The Balaban J connectivity index is 4.48. The predicted octanol–water partition coefficient (Wildman–Crippen LogP) is -0.431. The van der Waals surface area contributed by atoms with Gasteiger partial charge in [0.05, 0.1) is 26.4 Å². The molecule has 19 heavy (non-hydrogen) atoms. The first kappa shape index (κ1) is 17.7. The summed E-state index contributed by atoms with van der Waals surface area (Å²) in [6.07, 6.45) is -0.535. The van der Waals surface area contributed by atoms with Crippen LogP contribution < -0.4 is 5.32 Å². The lowest BCUT2D eigenvalue weighted by Gasteiger charge is -2.24. The van der Waals surface area contributed by atoms with Crippen molar-refractivity contribution in [3.8, 4) is 0 Å². The van der Waals surface area contributed by atoms with Crippen LogP contribution in [0.15, 0.2) is 0 Å². The molecule has 3 N–H and O–H groups in total. The van der Waals surface area contributed by atoms with Crippen molar-refractivity contribution in [2.45, 2.75) is 32.4 Å². The molecule has 0 saturated heterocycles. The molecule has 0 aromatic heterocycles. The number of carbonyl (C=O) groups is 2. The van der Waals surface area contributed by atoms with Crippen molar-refractivity contribution in [1.82, 2.24) is 10.2 Å². The molecule has 112 valence electrons. The number of hydrogen-bond acceptors (Lipinski definition) is 5. The number of rotatable bonds is 7. The van der Waals surface area contributed by atoms with E-state index in [0.29, 0.717) is 6.42 Å². The zero-order valence-corrected chi connectivity index (χ0v) is 11.9. The molecule has 0 radical (unpaired) electrons. The number of carbonyl (C=O) groups excluding carboxylic acids is 2. The quantitative estimate of drug-likeness (QED) is 0.548. The van der Waals surface area contributed by atoms with Crippen molar-refractivity contribution >= 4 is 12.0 Å². The average Bonchev–Trinajstić information content (AvgIpc) is 2.35. The van der Waals surface area contributed by atoms with E-state index in [2.05, 4.69) is 10.1 Å². The van der Waals surface area contributed by atoms with Gasteiger partial charge in [0.25, 0.3) is 0 Å². The lowest BCUT2D eigenvalue weighted by Crippen LogP contribution is -2.49. The van der Waals surface area contributed by atoms with Crippen molar-refractivity contribution in [2.75, 3.05) is 27.3 Å². The second kappa shape index (κ2) is 8.71. The topological polar surface area (TPSA) is 99.1 Å². The minimum absolute atomic E-state index is 0.0160. The SMILES string of the molecule is COC(=O)C(CC(C)C)NC(=O)N(C)CC(O)CO. The molecule has 0 aliphatic carbocycles. The fourth-order valence-electron chi connectivity index (χ4n) is 1.54. The fourth-order valence-corrected chi connectivity index (χ4v) is 1.54. The van der Waals surface area contributed by atoms with Crippen molar-refractivity contribution in [3.05, 3.63) is 0 Å². The van der Waals surface area contributed by atoms with Gasteiger partial charge in [0.15, 0.2) is 0 Å². The number of nitrogens with one attached hydrogen (secondary N) is 1. The van der Waals surface area contributed by atoms with Crippen LogP contribution in [-0.2, 0) is 9.53 Å². The maximum absolute atomic E-state index is 11.8. The Morgan fingerprint density at radius 3 is 2.37 bits per heavy atom. The highest BCUT2D eigenvalue weighted by Crippen LogP contribution is 2.06. The van der Waals surface area contributed by atoms with Crippen LogP contribution in [0.2, 0.25) is 0 Å². The van der Waals surface area contributed by atoms with E-state index < -0.39 is 30.8 Å². The van der Waals surface area contributed by atoms with Gasteiger partial charge in [0.1, 0.15) is 6.04 Å². The Morgan fingerprint density at radius 2 is 1.95 bits per heavy atom. The zero-order valence-electron chi connectivity index (χ0n) is 11.9. The highest BCUT2D eigenvalue weighted by molar-refractivity contribution is 5.83. The molecule has 2 atom stereocenters. The van der Waals surface area contributed by atoms with Crippen LogP contribution in [0.1, 0.15) is 20.3 Å². The Hall–Kier alpha value is -1.34. The molecule has 0 aromatic carbocycles. The van der Waals surface area contributed by atoms with Crippen molar-refractivity contribution in [3.63, 3.8) is 0 Å². The van der Waals surface area contributed by atoms with E-state index in [9.17, 15) is 14.7 Å². The molecule has 2 unspecified atom stereocenters. The third-order valence-electron chi connectivity index (χ3n) is 2.53. The molecular weight excluding hydrogens is 252 g/mol. The van der Waals surface area contributed by atoms with Crippen molar-refractivity contribution in [1.29, 1.82) is 0 Å². The molecule has 0 aliphatic heterocycles. The minimum atomic E-state index is -1.00. The summed E-state index contributed by atoms with van der Waals surface area (Å²) in [5.74, 6) is -0.282. The van der Waals surface area contributed by atoms with E-state index in [1.165, 1.54) is 19.1 Å². The van der Waals surface area contributed by atoms with Crippen LogP contribution >= 0.6 is 0 Å². The number of aliphatic hydroxyl groups is 2. The van der Waals surface area contributed by atoms with Crippen LogP contribution in [-0.4, -0.2) is 66.6 Å². The summed E-state index contributed by atoms with van der Waals surface area (Å²) < 4.78 is 4.63. The summed E-state index contributed by atoms with van der Waals surface area (Å²) in [5.41, 5.74) is 0. The number of aliphatic hydroxyl groups excluding tert-OH is 2. The van der Waals surface area contributed by atoms with Crippen molar-refractivity contribution in [2.24, 2.45) is 5.92 Å². The van der Waals surface area contributed by atoms with Gasteiger partial charge >= 0.3 is 12.0 Å². The first-order chi connectivity index (χ1) is 8.81. The maximum atomic E-state index is 11.8. The summed E-state index contributed by atoms with van der Waals surface area (Å²) in [6.45, 7) is 3.42. The van der Waals surface area contributed by atoms with Gasteiger partial charge in [-0.1, -0.05) is 13.8 Å². The van der Waals surface area contributed by atoms with Crippen LogP contribution in [0.25, 0.3) is 0 Å². The van der Waals surface area contributed by atoms with E-state index in [0.717, 1.165) is 0 Å². The Kier molecular flexibility index (Phi) is 8.09. The molecule has 0 spiro atoms. The molecular formula is C12H24N2O5. The molecule has 0 heterocycles. The first-order valence-corrected chi connectivity index (χ1v) is 6.20. The molecule has 0 aliphatic rings. The minimum Gasteiger partial charge on any atom is -0.467 e. The number of amides is 2. The fraction of sp³-hybridized carbons (Fsp3) is 0.833. The Bertz CT molecular complexity index is 296. The second-order valence-corrected chi connectivity index (χ2v) is 4.87. The number of methoxy groups -OCH3 is 1. The molecule has 0 saturated carbocycles. The van der Waals surface area contributed by atoms with Crippen molar-refractivity contribution < 1.29 is 24.5 Å². The van der Waals surface area contributed by atoms with Gasteiger partial charge in [0, 0.05) is 7.05 Å². The number of ether oxygens (including phenoxy) is 1. The van der Waals surface area contributed by atoms with E-state index in [1.54, 1.807) is 0 Å². The molecule has 0 aromatic rings. The molecule has 0 fully saturated rings. The molecule has 7 heteroatoms. The van der Waals surface area contributed by atoms with E-state index >= 15 is 0 Å². The molecule has 0 rings (SSSR count). The van der Waals surface area contributed by atoms with E-state index in [4.69, 9.17) is 5.11 Å². The van der Waals surface area contributed by atoms with Crippen LogP contribution in [0.3, 0.4) is 0 Å². The third-order valence-corrected chi connectivity index (χ3v) is 2.53. The predicted molar refractivity (Wildman–Crippen MR) is 69.5 cm³/mol. The molecule has 0 bridgehead atoms. The molecule has 2 amide bonds. The smallest absolute Gasteiger partial charge is 0.328 e. The van der Waals surface area contributed by atoms with E-state index in [1.807, 2.05) is 13.8 Å². The Labute approximate surface area is 113 Å². The number of likely N-dealkylation sites (N-methyl/N-ethyl adjacent to an activating group) is 1. The number of esters is 1. The number of urea groups is 1. The van der Waals surface area contributed by atoms with Gasteiger partial charge in [-0.15, -0.1) is 0 Å². The summed E-state index contributed by atoms with van der Waals surface area (Å²) in [7, 11) is 2.74. The highest BCUT2D eigenvalue weighted by Gasteiger charge is 2.24. The summed E-state index contributed by atoms with van der Waals surface area (Å²) >= 11 is 0. The monoisotopic (exact) mass is 276 g/mol. The van der Waals surface area contributed by atoms with Crippen LogP contribution in [0.5, 0.6) is 0 Å². The van der Waals surface area contributed by atoms with Gasteiger partial charge in [-0.05, 0) is 12.3 Å². The number of hydrogen-bond donors (Lipinski definition) is 3. The first-order valence-electron chi connectivity index (χ1n) is 6.20. The van der Waals surface area contributed by atoms with Gasteiger partial charge in [-0.25, -0.2) is 9.59 Å². The lowest BCUT2D eigenvalue weighted by atomic mass is 10.0. The highest BCUT2D eigenvalue weighted by atomic mass is 16.5. The normalized spacial score (nSPS) is 13.8. The van der Waals surface area contributed by atoms with Gasteiger partial charge in [-0.2, -0.15) is 0 Å². The zero-order chi connectivity index (χ0) is 15.0. The number of nitrogens with zero attached hydrogens (tertiary/aromatic N) is 1. The van der Waals surface area contributed by atoms with Crippen LogP contribution in [0.4, 0.5) is 4.79 Å². The molecule has 7 nitrogen and oxygen atoms in total. The van der Waals surface area contributed by atoms with Crippen LogP contribution in [0, 0.1) is 5.92 Å². The van der Waals surface area contributed by atoms with Gasteiger partial charge < -0.3 is 25.2 Å². The average molecular weight is 276 g/mol. The summed E-state index contributed by atoms with van der Waals surface area (Å²) in [5, 5.41) is 20.5. The standard InChI is InChI=1S/C12H24N2O5/c1-8(2)5-10(11(17)19-4)13-12(18)14(3)6-9(16)7-15/h8-10,15-16H,5-7H2,1-4H3,(H,13,18). The third kappa shape index (κ3) is 6.97. The van der Waals surface area contributed by atoms with Gasteiger partial charge in [-0.3, -0.25) is 0 Å². The largest absolute Gasteiger partial charge is 0.467 e. The second-order valence-electron chi connectivity index (χ2n) is 4.87. The summed E-state index contributed by atoms with van der Waals surface area (Å²) in [4.78, 5) is 24.6.